The average Bonchev–Trinajstić information content (AvgIpc) is 2.30. The lowest BCUT2D eigenvalue weighted by Crippen LogP contribution is -1.87. The molecule has 1 nitrogen and oxygen atoms in total. The molecule has 2 rings (SSSR count). The van der Waals surface area contributed by atoms with Gasteiger partial charge in [0, 0.05) is 16.9 Å². The molecule has 0 radical (unpaired) electrons. The molecular weight excluding hydrogens is 250 g/mol. The molecule has 2 heteroatoms. The summed E-state index contributed by atoms with van der Waals surface area (Å²) < 4.78 is 1.14. The van der Waals surface area contributed by atoms with Crippen molar-refractivity contribution in [2.45, 2.75) is 13.3 Å². The molecule has 0 spiro atoms. The summed E-state index contributed by atoms with van der Waals surface area (Å²) in [6.45, 7) is 2.17. The minimum absolute atomic E-state index is 1.04. The van der Waals surface area contributed by atoms with Gasteiger partial charge < -0.3 is 0 Å². The van der Waals surface area contributed by atoms with Gasteiger partial charge in [-0.25, -0.2) is 0 Å². The molecule has 0 bridgehead atoms. The van der Waals surface area contributed by atoms with Gasteiger partial charge in [-0.2, -0.15) is 0 Å². The third kappa shape index (κ3) is 2.26. The van der Waals surface area contributed by atoms with Crippen molar-refractivity contribution in [2.24, 2.45) is 0 Å². The fourth-order valence-electron chi connectivity index (χ4n) is 1.67. The van der Waals surface area contributed by atoms with E-state index in [-0.39, 0.29) is 0 Å². The van der Waals surface area contributed by atoms with Gasteiger partial charge in [-0.3, -0.25) is 4.98 Å². The van der Waals surface area contributed by atoms with Crippen LogP contribution >= 0.6 is 15.9 Å². The summed E-state index contributed by atoms with van der Waals surface area (Å²) in [6.07, 6.45) is 4.70. The van der Waals surface area contributed by atoms with E-state index in [0.29, 0.717) is 0 Å². The average molecular weight is 262 g/mol. The van der Waals surface area contributed by atoms with E-state index in [4.69, 9.17) is 0 Å². The maximum absolute atomic E-state index is 4.03. The molecule has 0 N–H and O–H groups in total. The highest BCUT2D eigenvalue weighted by molar-refractivity contribution is 9.10. The predicted octanol–water partition coefficient (Wildman–Crippen LogP) is 4.07. The Bertz CT molecular complexity index is 451. The summed E-state index contributed by atoms with van der Waals surface area (Å²) in [4.78, 5) is 4.03. The van der Waals surface area contributed by atoms with Crippen LogP contribution in [-0.4, -0.2) is 4.98 Å². The Hall–Kier alpha value is -1.15. The number of aromatic nitrogens is 1. The van der Waals surface area contributed by atoms with Crippen LogP contribution in [0.25, 0.3) is 11.1 Å². The van der Waals surface area contributed by atoms with Crippen molar-refractivity contribution in [1.29, 1.82) is 0 Å². The zero-order valence-electron chi connectivity index (χ0n) is 8.57. The normalized spacial score (nSPS) is 10.3. The number of pyridine rings is 1. The van der Waals surface area contributed by atoms with Crippen molar-refractivity contribution in [1.82, 2.24) is 4.98 Å². The van der Waals surface area contributed by atoms with Gasteiger partial charge in [0.1, 0.15) is 0 Å². The minimum atomic E-state index is 1.04. The second-order valence-corrected chi connectivity index (χ2v) is 4.31. The van der Waals surface area contributed by atoms with E-state index < -0.39 is 0 Å². The maximum atomic E-state index is 4.03. The summed E-state index contributed by atoms with van der Waals surface area (Å²) in [5, 5.41) is 0. The number of hydrogen-bond acceptors (Lipinski definition) is 1. The van der Waals surface area contributed by atoms with Crippen molar-refractivity contribution in [2.75, 3.05) is 0 Å². The van der Waals surface area contributed by atoms with Crippen LogP contribution in [0.1, 0.15) is 12.5 Å². The van der Waals surface area contributed by atoms with Crippen molar-refractivity contribution >= 4 is 15.9 Å². The Kier molecular flexibility index (Phi) is 3.17. The summed E-state index contributed by atoms with van der Waals surface area (Å²) in [5.74, 6) is 0. The molecule has 0 saturated heterocycles. The first-order valence-electron chi connectivity index (χ1n) is 5.00. The Labute approximate surface area is 98.3 Å². The quantitative estimate of drug-likeness (QED) is 0.794. The molecule has 0 aliphatic rings. The fraction of sp³-hybridized carbons (Fsp3) is 0.154. The van der Waals surface area contributed by atoms with Crippen molar-refractivity contribution in [3.8, 4) is 11.1 Å². The van der Waals surface area contributed by atoms with E-state index in [1.54, 1.807) is 0 Å². The lowest BCUT2D eigenvalue weighted by molar-refractivity contribution is 1.14. The molecule has 0 fully saturated rings. The highest BCUT2D eigenvalue weighted by Crippen LogP contribution is 2.26. The summed E-state index contributed by atoms with van der Waals surface area (Å²) >= 11 is 3.50. The van der Waals surface area contributed by atoms with Gasteiger partial charge in [0.25, 0.3) is 0 Å². The summed E-state index contributed by atoms with van der Waals surface area (Å²) in [7, 11) is 0. The first kappa shape index (κ1) is 10.4. The highest BCUT2D eigenvalue weighted by atomic mass is 79.9. The molecular formula is C13H12BrN. The maximum Gasteiger partial charge on any atom is 0.0273 e. The van der Waals surface area contributed by atoms with Gasteiger partial charge >= 0.3 is 0 Å². The molecule has 0 unspecified atom stereocenters. The standard InChI is InChI=1S/C13H12BrN/c1-2-10-9-12(14)3-4-13(10)11-5-7-15-8-6-11/h3-9H,2H2,1H3. The largest absolute Gasteiger partial charge is 0.265 e. The number of hydrogen-bond donors (Lipinski definition) is 0. The molecule has 0 aliphatic heterocycles. The second-order valence-electron chi connectivity index (χ2n) is 3.39. The zero-order valence-corrected chi connectivity index (χ0v) is 10.2. The van der Waals surface area contributed by atoms with Gasteiger partial charge in [-0.05, 0) is 47.4 Å². The third-order valence-corrected chi connectivity index (χ3v) is 2.93. The van der Waals surface area contributed by atoms with Crippen LogP contribution in [-0.2, 0) is 6.42 Å². The number of nitrogens with zero attached hydrogens (tertiary/aromatic N) is 1. The monoisotopic (exact) mass is 261 g/mol. The van der Waals surface area contributed by atoms with E-state index in [0.717, 1.165) is 10.9 Å². The summed E-state index contributed by atoms with van der Waals surface area (Å²) in [5.41, 5.74) is 3.88. The van der Waals surface area contributed by atoms with Crippen molar-refractivity contribution < 1.29 is 0 Å². The van der Waals surface area contributed by atoms with E-state index in [2.05, 4.69) is 46.0 Å². The first-order valence-corrected chi connectivity index (χ1v) is 5.79. The first-order chi connectivity index (χ1) is 7.31. The minimum Gasteiger partial charge on any atom is -0.265 e. The Balaban J connectivity index is 2.53. The predicted molar refractivity (Wildman–Crippen MR) is 66.8 cm³/mol. The molecule has 2 aromatic rings. The molecule has 0 amide bonds. The smallest absolute Gasteiger partial charge is 0.0273 e. The molecule has 0 saturated carbocycles. The van der Waals surface area contributed by atoms with Gasteiger partial charge in [-0.15, -0.1) is 0 Å². The molecule has 0 aliphatic carbocycles. The molecule has 76 valence electrons. The third-order valence-electron chi connectivity index (χ3n) is 2.44. The molecule has 15 heavy (non-hydrogen) atoms. The molecule has 0 atom stereocenters. The SMILES string of the molecule is CCc1cc(Br)ccc1-c1ccncc1. The highest BCUT2D eigenvalue weighted by Gasteiger charge is 2.03. The van der Waals surface area contributed by atoms with Crippen LogP contribution in [0.4, 0.5) is 0 Å². The van der Waals surface area contributed by atoms with Crippen LogP contribution in [0.15, 0.2) is 47.2 Å². The van der Waals surface area contributed by atoms with Gasteiger partial charge in [0.05, 0.1) is 0 Å². The van der Waals surface area contributed by atoms with E-state index in [1.807, 2.05) is 24.5 Å². The number of rotatable bonds is 2. The van der Waals surface area contributed by atoms with Crippen molar-refractivity contribution in [3.63, 3.8) is 0 Å². The number of halogens is 1. The van der Waals surface area contributed by atoms with Gasteiger partial charge in [0.15, 0.2) is 0 Å². The van der Waals surface area contributed by atoms with Crippen molar-refractivity contribution in [3.05, 3.63) is 52.8 Å². The Morgan fingerprint density at radius 1 is 1.13 bits per heavy atom. The summed E-state index contributed by atoms with van der Waals surface area (Å²) in [6, 6.07) is 10.5. The van der Waals surface area contributed by atoms with Crippen LogP contribution in [0, 0.1) is 0 Å². The molecule has 1 aromatic carbocycles. The van der Waals surface area contributed by atoms with E-state index in [1.165, 1.54) is 16.7 Å². The topological polar surface area (TPSA) is 12.9 Å². The van der Waals surface area contributed by atoms with E-state index >= 15 is 0 Å². The fourth-order valence-corrected chi connectivity index (χ4v) is 2.08. The molecule has 1 heterocycles. The lowest BCUT2D eigenvalue weighted by atomic mass is 9.99. The van der Waals surface area contributed by atoms with Gasteiger partial charge in [-0.1, -0.05) is 28.9 Å². The molecule has 1 aromatic heterocycles. The van der Waals surface area contributed by atoms with Crippen LogP contribution in [0.3, 0.4) is 0 Å². The zero-order chi connectivity index (χ0) is 10.7. The number of benzene rings is 1. The van der Waals surface area contributed by atoms with Crippen LogP contribution in [0.5, 0.6) is 0 Å². The second kappa shape index (κ2) is 4.58. The van der Waals surface area contributed by atoms with Crippen LogP contribution in [0.2, 0.25) is 0 Å². The lowest BCUT2D eigenvalue weighted by Gasteiger charge is -2.08. The van der Waals surface area contributed by atoms with E-state index in [9.17, 15) is 0 Å². The van der Waals surface area contributed by atoms with Crippen LogP contribution < -0.4 is 0 Å². The van der Waals surface area contributed by atoms with Gasteiger partial charge in [0.2, 0.25) is 0 Å². The number of aryl methyl sites for hydroxylation is 1. The Morgan fingerprint density at radius 2 is 1.87 bits per heavy atom. The Morgan fingerprint density at radius 3 is 2.53 bits per heavy atom.